The van der Waals surface area contributed by atoms with Crippen molar-refractivity contribution in [3.63, 3.8) is 0 Å². The van der Waals surface area contributed by atoms with Crippen molar-refractivity contribution in [1.82, 2.24) is 19.9 Å². The van der Waals surface area contributed by atoms with E-state index < -0.39 is 4.92 Å². The molecule has 2 atom stereocenters. The second-order valence-electron chi connectivity index (χ2n) is 6.88. The molecule has 1 aromatic heterocycles. The number of aromatic nitrogens is 3. The largest absolute Gasteiger partial charge is 0.367 e. The highest BCUT2D eigenvalue weighted by molar-refractivity contribution is 5.92. The average molecular weight is 393 g/mol. The normalized spacial score (nSPS) is 19.1. The van der Waals surface area contributed by atoms with Gasteiger partial charge in [-0.3, -0.25) is 14.9 Å². The number of carbonyl (C=O) groups excluding carboxylic acids is 1. The standard InChI is InChI=1S/C20H19N5O4/c1-14-11-23(13-19(29-14)15-6-3-2-4-7-15)20(26)18-12-24(22-21-18)16-8-5-9-17(10-16)25(27)28/h2-10,12,14,19H,11,13H2,1H3. The van der Waals surface area contributed by atoms with Crippen LogP contribution in [0.15, 0.2) is 60.8 Å². The zero-order valence-electron chi connectivity index (χ0n) is 15.7. The topological polar surface area (TPSA) is 103 Å². The number of carbonyl (C=O) groups is 1. The van der Waals surface area contributed by atoms with Crippen molar-refractivity contribution >= 4 is 11.6 Å². The van der Waals surface area contributed by atoms with Gasteiger partial charge in [-0.05, 0) is 18.6 Å². The Morgan fingerprint density at radius 2 is 1.97 bits per heavy atom. The Balaban J connectivity index is 1.54. The molecule has 1 fully saturated rings. The van der Waals surface area contributed by atoms with Crippen LogP contribution >= 0.6 is 0 Å². The summed E-state index contributed by atoms with van der Waals surface area (Å²) in [5.41, 5.74) is 1.59. The van der Waals surface area contributed by atoms with Crippen molar-refractivity contribution in [3.8, 4) is 5.69 Å². The number of amides is 1. The Hall–Kier alpha value is -3.59. The number of nitro groups is 1. The van der Waals surface area contributed by atoms with Crippen molar-refractivity contribution < 1.29 is 14.5 Å². The molecule has 0 saturated carbocycles. The lowest BCUT2D eigenvalue weighted by Gasteiger charge is -2.36. The minimum Gasteiger partial charge on any atom is -0.367 e. The van der Waals surface area contributed by atoms with Gasteiger partial charge in [-0.1, -0.05) is 41.6 Å². The molecule has 4 rings (SSSR count). The molecular weight excluding hydrogens is 374 g/mol. The molecule has 29 heavy (non-hydrogen) atoms. The first-order chi connectivity index (χ1) is 14.0. The van der Waals surface area contributed by atoms with E-state index in [0.29, 0.717) is 18.8 Å². The number of rotatable bonds is 4. The third kappa shape index (κ3) is 3.99. The smallest absolute Gasteiger partial charge is 0.276 e. The number of hydrogen-bond acceptors (Lipinski definition) is 6. The van der Waals surface area contributed by atoms with Crippen LogP contribution < -0.4 is 0 Å². The van der Waals surface area contributed by atoms with Gasteiger partial charge in [-0.2, -0.15) is 0 Å². The van der Waals surface area contributed by atoms with Crippen LogP contribution in [-0.2, 0) is 4.74 Å². The lowest BCUT2D eigenvalue weighted by atomic mass is 10.1. The highest BCUT2D eigenvalue weighted by Gasteiger charge is 2.31. The number of non-ortho nitro benzene ring substituents is 1. The minimum atomic E-state index is -0.481. The van der Waals surface area contributed by atoms with E-state index in [0.717, 1.165) is 5.56 Å². The summed E-state index contributed by atoms with van der Waals surface area (Å²) in [4.78, 5) is 25.2. The maximum atomic E-state index is 13.0. The van der Waals surface area contributed by atoms with Crippen molar-refractivity contribution in [2.45, 2.75) is 19.1 Å². The van der Waals surface area contributed by atoms with E-state index in [-0.39, 0.29) is 29.5 Å². The van der Waals surface area contributed by atoms with Crippen LogP contribution in [0.5, 0.6) is 0 Å². The van der Waals surface area contributed by atoms with Gasteiger partial charge in [0.05, 0.1) is 29.5 Å². The number of nitrogens with zero attached hydrogens (tertiary/aromatic N) is 5. The van der Waals surface area contributed by atoms with E-state index in [1.165, 1.54) is 23.0 Å². The Kier molecular flexibility index (Phi) is 5.05. The maximum absolute atomic E-state index is 13.0. The summed E-state index contributed by atoms with van der Waals surface area (Å²) in [7, 11) is 0. The first-order valence-corrected chi connectivity index (χ1v) is 9.18. The number of benzene rings is 2. The van der Waals surface area contributed by atoms with Gasteiger partial charge in [-0.25, -0.2) is 4.68 Å². The van der Waals surface area contributed by atoms with Gasteiger partial charge < -0.3 is 9.64 Å². The van der Waals surface area contributed by atoms with Gasteiger partial charge in [0, 0.05) is 18.7 Å². The summed E-state index contributed by atoms with van der Waals surface area (Å²) < 4.78 is 7.36. The van der Waals surface area contributed by atoms with E-state index in [4.69, 9.17) is 4.74 Å². The summed E-state index contributed by atoms with van der Waals surface area (Å²) in [5, 5.41) is 18.9. The molecule has 0 bridgehead atoms. The number of nitro benzene ring substituents is 1. The van der Waals surface area contributed by atoms with Crippen molar-refractivity contribution in [1.29, 1.82) is 0 Å². The molecule has 1 saturated heterocycles. The molecule has 9 nitrogen and oxygen atoms in total. The molecule has 0 aliphatic carbocycles. The molecule has 1 amide bonds. The van der Waals surface area contributed by atoms with E-state index in [2.05, 4.69) is 10.3 Å². The molecule has 2 heterocycles. The van der Waals surface area contributed by atoms with E-state index >= 15 is 0 Å². The van der Waals surface area contributed by atoms with Crippen molar-refractivity contribution in [2.24, 2.45) is 0 Å². The summed E-state index contributed by atoms with van der Waals surface area (Å²) in [5.74, 6) is -0.252. The lowest BCUT2D eigenvalue weighted by molar-refractivity contribution is -0.384. The van der Waals surface area contributed by atoms with Gasteiger partial charge in [0.1, 0.15) is 6.10 Å². The third-order valence-electron chi connectivity index (χ3n) is 4.74. The molecule has 148 valence electrons. The maximum Gasteiger partial charge on any atom is 0.276 e. The number of hydrogen-bond donors (Lipinski definition) is 0. The molecular formula is C20H19N5O4. The number of ether oxygens (including phenoxy) is 1. The summed E-state index contributed by atoms with van der Waals surface area (Å²) in [6.45, 7) is 2.79. The highest BCUT2D eigenvalue weighted by atomic mass is 16.6. The van der Waals surface area contributed by atoms with Crippen molar-refractivity contribution in [3.05, 3.63) is 82.2 Å². The van der Waals surface area contributed by atoms with E-state index in [1.807, 2.05) is 37.3 Å². The van der Waals surface area contributed by atoms with E-state index in [9.17, 15) is 14.9 Å². The Morgan fingerprint density at radius 3 is 2.72 bits per heavy atom. The molecule has 9 heteroatoms. The SMILES string of the molecule is CC1CN(C(=O)c2cn(-c3cccc([N+](=O)[O-])c3)nn2)CC(c2ccccc2)O1. The third-order valence-corrected chi connectivity index (χ3v) is 4.74. The second-order valence-corrected chi connectivity index (χ2v) is 6.88. The molecule has 0 N–H and O–H groups in total. The summed E-state index contributed by atoms with van der Waals surface area (Å²) >= 11 is 0. The van der Waals surface area contributed by atoms with Crippen LogP contribution in [0.25, 0.3) is 5.69 Å². The first kappa shape index (κ1) is 18.8. The Bertz CT molecular complexity index is 1040. The second kappa shape index (κ2) is 7.80. The zero-order valence-corrected chi connectivity index (χ0v) is 15.7. The van der Waals surface area contributed by atoms with Crippen LogP contribution in [-0.4, -0.2) is 49.9 Å². The van der Waals surface area contributed by atoms with Gasteiger partial charge in [-0.15, -0.1) is 5.10 Å². The molecule has 2 unspecified atom stereocenters. The summed E-state index contributed by atoms with van der Waals surface area (Å²) in [6.07, 6.45) is 1.15. The lowest BCUT2D eigenvalue weighted by Crippen LogP contribution is -2.46. The predicted molar refractivity (Wildman–Crippen MR) is 104 cm³/mol. The molecule has 0 spiro atoms. The zero-order chi connectivity index (χ0) is 20.4. The molecule has 1 aliphatic heterocycles. The first-order valence-electron chi connectivity index (χ1n) is 9.18. The molecule has 2 aromatic carbocycles. The molecule has 0 radical (unpaired) electrons. The fourth-order valence-electron chi connectivity index (χ4n) is 3.37. The van der Waals surface area contributed by atoms with Gasteiger partial charge in [0.2, 0.25) is 0 Å². The van der Waals surface area contributed by atoms with E-state index in [1.54, 1.807) is 17.0 Å². The predicted octanol–water partition coefficient (Wildman–Crippen LogP) is 2.78. The van der Waals surface area contributed by atoms with Crippen LogP contribution in [0.2, 0.25) is 0 Å². The summed E-state index contributed by atoms with van der Waals surface area (Å²) in [6, 6.07) is 15.8. The Labute approximate surface area is 166 Å². The van der Waals surface area contributed by atoms with Crippen molar-refractivity contribution in [2.75, 3.05) is 13.1 Å². The monoisotopic (exact) mass is 393 g/mol. The van der Waals surface area contributed by atoms with Crippen LogP contribution in [0, 0.1) is 10.1 Å². The minimum absolute atomic E-state index is 0.0569. The quantitative estimate of drug-likeness (QED) is 0.499. The fraction of sp³-hybridized carbons (Fsp3) is 0.250. The Morgan fingerprint density at radius 1 is 1.17 bits per heavy atom. The number of morpholine rings is 1. The highest BCUT2D eigenvalue weighted by Crippen LogP contribution is 2.26. The average Bonchev–Trinajstić information content (AvgIpc) is 3.24. The molecule has 3 aromatic rings. The van der Waals surface area contributed by atoms with Crippen LogP contribution in [0.4, 0.5) is 5.69 Å². The van der Waals surface area contributed by atoms with Crippen LogP contribution in [0.3, 0.4) is 0 Å². The van der Waals surface area contributed by atoms with Gasteiger partial charge >= 0.3 is 0 Å². The molecule has 1 aliphatic rings. The van der Waals surface area contributed by atoms with Gasteiger partial charge in [0.25, 0.3) is 11.6 Å². The van der Waals surface area contributed by atoms with Gasteiger partial charge in [0.15, 0.2) is 5.69 Å². The fourth-order valence-corrected chi connectivity index (χ4v) is 3.37. The van der Waals surface area contributed by atoms with Crippen LogP contribution in [0.1, 0.15) is 29.1 Å².